The molecule has 0 aromatic heterocycles. The molecule has 1 aliphatic rings. The molecule has 0 spiro atoms. The molecular formula is C25H24ClN3O5S2. The maximum Gasteiger partial charge on any atom is 0.264 e. The third kappa shape index (κ3) is 6.31. The number of anilines is 1. The molecule has 36 heavy (non-hydrogen) atoms. The van der Waals surface area contributed by atoms with Crippen molar-refractivity contribution in [1.29, 1.82) is 0 Å². The lowest BCUT2D eigenvalue weighted by atomic mass is 10.2. The first kappa shape index (κ1) is 25.9. The summed E-state index contributed by atoms with van der Waals surface area (Å²) in [6.07, 6.45) is 1.72. The summed E-state index contributed by atoms with van der Waals surface area (Å²) < 4.78 is 39.0. The number of hydrazone groups is 1. The van der Waals surface area contributed by atoms with Crippen molar-refractivity contribution in [1.82, 2.24) is 5.43 Å². The first-order chi connectivity index (χ1) is 17.4. The van der Waals surface area contributed by atoms with Crippen molar-refractivity contribution in [3.8, 4) is 11.5 Å². The summed E-state index contributed by atoms with van der Waals surface area (Å²) in [4.78, 5) is 12.8. The van der Waals surface area contributed by atoms with Crippen LogP contribution in [0.15, 0.2) is 82.8 Å². The third-order valence-electron chi connectivity index (χ3n) is 5.22. The number of sulfonamides is 1. The summed E-state index contributed by atoms with van der Waals surface area (Å²) in [7, 11) is -2.71. The van der Waals surface area contributed by atoms with E-state index in [9.17, 15) is 13.2 Å². The Morgan fingerprint density at radius 2 is 1.86 bits per heavy atom. The molecule has 1 heterocycles. The van der Waals surface area contributed by atoms with Gasteiger partial charge in [0.05, 0.1) is 23.9 Å². The van der Waals surface area contributed by atoms with Crippen LogP contribution in [-0.2, 0) is 14.8 Å². The highest BCUT2D eigenvalue weighted by molar-refractivity contribution is 8.00. The van der Waals surface area contributed by atoms with Gasteiger partial charge in [-0.05, 0) is 60.2 Å². The molecule has 0 bridgehead atoms. The second-order valence-corrected chi connectivity index (χ2v) is 11.2. The molecule has 1 saturated heterocycles. The summed E-state index contributed by atoms with van der Waals surface area (Å²) in [5.41, 5.74) is 3.27. The Bertz CT molecular complexity index is 1330. The zero-order valence-corrected chi connectivity index (χ0v) is 21.7. The largest absolute Gasteiger partial charge is 0.495 e. The van der Waals surface area contributed by atoms with Crippen LogP contribution < -0.4 is 19.2 Å². The van der Waals surface area contributed by atoms with Gasteiger partial charge in [0.15, 0.2) is 0 Å². The third-order valence-corrected chi connectivity index (χ3v) is 8.45. The Labute approximate surface area is 219 Å². The Balaban J connectivity index is 1.50. The van der Waals surface area contributed by atoms with E-state index in [0.717, 1.165) is 27.1 Å². The number of benzene rings is 3. The number of methoxy groups -OCH3 is 1. The van der Waals surface area contributed by atoms with Gasteiger partial charge in [0.2, 0.25) is 0 Å². The van der Waals surface area contributed by atoms with E-state index in [-0.39, 0.29) is 22.4 Å². The number of nitrogens with one attached hydrogen (secondary N) is 1. The molecule has 1 aliphatic heterocycles. The number of carbonyl (C=O) groups is 1. The van der Waals surface area contributed by atoms with E-state index in [1.54, 1.807) is 30.3 Å². The van der Waals surface area contributed by atoms with Gasteiger partial charge in [0, 0.05) is 16.5 Å². The van der Waals surface area contributed by atoms with Gasteiger partial charge in [-0.1, -0.05) is 29.8 Å². The van der Waals surface area contributed by atoms with Gasteiger partial charge in [0.1, 0.15) is 24.1 Å². The number of hydrogen-bond acceptors (Lipinski definition) is 7. The van der Waals surface area contributed by atoms with E-state index in [4.69, 9.17) is 21.1 Å². The fraction of sp³-hybridized carbons (Fsp3) is 0.200. The van der Waals surface area contributed by atoms with Crippen molar-refractivity contribution < 1.29 is 22.7 Å². The molecule has 1 fully saturated rings. The molecule has 11 heteroatoms. The van der Waals surface area contributed by atoms with E-state index in [1.165, 1.54) is 31.5 Å². The van der Waals surface area contributed by atoms with Crippen LogP contribution in [0, 0.1) is 0 Å². The zero-order valence-electron chi connectivity index (χ0n) is 19.3. The molecule has 1 N–H and O–H groups in total. The predicted octanol–water partition coefficient (Wildman–Crippen LogP) is 4.19. The Hall–Kier alpha value is -3.21. The molecular weight excluding hydrogens is 522 g/mol. The van der Waals surface area contributed by atoms with E-state index in [1.807, 2.05) is 36.0 Å². The molecule has 3 aromatic carbocycles. The van der Waals surface area contributed by atoms with Gasteiger partial charge in [-0.25, -0.2) is 13.8 Å². The minimum Gasteiger partial charge on any atom is -0.495 e. The monoisotopic (exact) mass is 545 g/mol. The topological polar surface area (TPSA) is 97.3 Å². The maximum absolute atomic E-state index is 13.5. The standard InChI is InChI=1S/C25H24ClN3O5S2/c1-33-24-12-9-19(26)13-23(24)29(36(31,32)22-5-3-2-4-6-22)15-25(30)28-27-14-18-7-10-20(11-8-18)34-21-16-35-17-21/h2-14,21H,15-17H2,1H3,(H,28,30)/b27-14-. The van der Waals surface area contributed by atoms with E-state index in [0.29, 0.717) is 5.02 Å². The minimum absolute atomic E-state index is 0.0196. The summed E-state index contributed by atoms with van der Waals surface area (Å²) >= 11 is 7.99. The molecule has 3 aromatic rings. The first-order valence-electron chi connectivity index (χ1n) is 10.9. The Morgan fingerprint density at radius 3 is 2.50 bits per heavy atom. The second kappa shape index (κ2) is 11.7. The SMILES string of the molecule is COc1ccc(Cl)cc1N(CC(=O)N/N=C\c1ccc(OC2CSC2)cc1)S(=O)(=O)c1ccccc1. The van der Waals surface area contributed by atoms with Crippen molar-refractivity contribution in [2.75, 3.05) is 29.5 Å². The van der Waals surface area contributed by atoms with Gasteiger partial charge in [0.25, 0.3) is 15.9 Å². The fourth-order valence-corrected chi connectivity index (χ4v) is 5.50. The number of nitrogens with zero attached hydrogens (tertiary/aromatic N) is 2. The lowest BCUT2D eigenvalue weighted by Crippen LogP contribution is -2.39. The van der Waals surface area contributed by atoms with Crippen LogP contribution in [0.5, 0.6) is 11.5 Å². The highest BCUT2D eigenvalue weighted by atomic mass is 35.5. The number of amides is 1. The molecule has 0 atom stereocenters. The van der Waals surface area contributed by atoms with Crippen molar-refractivity contribution >= 4 is 51.2 Å². The van der Waals surface area contributed by atoms with Crippen LogP contribution in [0.25, 0.3) is 0 Å². The summed E-state index contributed by atoms with van der Waals surface area (Å²) in [6.45, 7) is -0.544. The quantitative estimate of drug-likeness (QED) is 0.303. The molecule has 0 saturated carbocycles. The Morgan fingerprint density at radius 1 is 1.14 bits per heavy atom. The van der Waals surface area contributed by atoms with Crippen LogP contribution in [0.3, 0.4) is 0 Å². The maximum atomic E-state index is 13.5. The normalized spacial score (nSPS) is 13.7. The fourth-order valence-electron chi connectivity index (χ4n) is 3.33. The summed E-state index contributed by atoms with van der Waals surface area (Å²) in [5.74, 6) is 2.37. The summed E-state index contributed by atoms with van der Waals surface area (Å²) in [5, 5.41) is 4.27. The number of ether oxygens (including phenoxy) is 2. The second-order valence-electron chi connectivity index (χ2n) is 7.78. The van der Waals surface area contributed by atoms with Gasteiger partial charge in [-0.15, -0.1) is 0 Å². The number of rotatable bonds is 10. The molecule has 0 aliphatic carbocycles. The smallest absolute Gasteiger partial charge is 0.264 e. The van der Waals surface area contributed by atoms with Crippen LogP contribution in [0.4, 0.5) is 5.69 Å². The van der Waals surface area contributed by atoms with Gasteiger partial charge < -0.3 is 9.47 Å². The van der Waals surface area contributed by atoms with Crippen LogP contribution in [0.2, 0.25) is 5.02 Å². The lowest BCUT2D eigenvalue weighted by molar-refractivity contribution is -0.119. The molecule has 0 unspecified atom stereocenters. The van der Waals surface area contributed by atoms with Crippen molar-refractivity contribution in [2.24, 2.45) is 5.10 Å². The van der Waals surface area contributed by atoms with E-state index < -0.39 is 22.5 Å². The highest BCUT2D eigenvalue weighted by Gasteiger charge is 2.29. The minimum atomic E-state index is -4.12. The molecule has 1 amide bonds. The predicted molar refractivity (Wildman–Crippen MR) is 143 cm³/mol. The van der Waals surface area contributed by atoms with Crippen LogP contribution >= 0.6 is 23.4 Å². The average molecular weight is 546 g/mol. The molecule has 8 nitrogen and oxygen atoms in total. The van der Waals surface area contributed by atoms with Gasteiger partial charge >= 0.3 is 0 Å². The average Bonchev–Trinajstić information content (AvgIpc) is 2.86. The van der Waals surface area contributed by atoms with Crippen LogP contribution in [0.1, 0.15) is 5.56 Å². The zero-order chi connectivity index (χ0) is 25.5. The lowest BCUT2D eigenvalue weighted by Gasteiger charge is -2.25. The Kier molecular flexibility index (Phi) is 8.40. The van der Waals surface area contributed by atoms with Crippen molar-refractivity contribution in [2.45, 2.75) is 11.0 Å². The first-order valence-corrected chi connectivity index (χ1v) is 13.9. The molecule has 4 rings (SSSR count). The number of carbonyl (C=O) groups excluding carboxylic acids is 1. The van der Waals surface area contributed by atoms with Crippen molar-refractivity contribution in [3.05, 3.63) is 83.4 Å². The van der Waals surface area contributed by atoms with Crippen LogP contribution in [-0.4, -0.2) is 51.8 Å². The van der Waals surface area contributed by atoms with Gasteiger partial charge in [-0.2, -0.15) is 16.9 Å². The van der Waals surface area contributed by atoms with E-state index in [2.05, 4.69) is 10.5 Å². The number of hydrogen-bond donors (Lipinski definition) is 1. The van der Waals surface area contributed by atoms with Crippen molar-refractivity contribution in [3.63, 3.8) is 0 Å². The molecule has 188 valence electrons. The highest BCUT2D eigenvalue weighted by Crippen LogP contribution is 2.34. The molecule has 0 radical (unpaired) electrons. The van der Waals surface area contributed by atoms with E-state index >= 15 is 0 Å². The number of thioether (sulfide) groups is 1. The number of halogens is 1. The van der Waals surface area contributed by atoms with Gasteiger partial charge in [-0.3, -0.25) is 9.10 Å². The summed E-state index contributed by atoms with van der Waals surface area (Å²) in [6, 6.07) is 19.7.